The first-order valence-corrected chi connectivity index (χ1v) is 7.32. The van der Waals surface area contributed by atoms with Crippen LogP contribution in [0.2, 0.25) is 0 Å². The Morgan fingerprint density at radius 3 is 2.52 bits per heavy atom. The number of amidine groups is 1. The van der Waals surface area contributed by atoms with Crippen molar-refractivity contribution < 1.29 is 5.21 Å². The standard InChI is InChI=1S/C17H23N3O/c1-4-7-12(2)20(3)16-11-10-15(17(18)19-21)13-8-5-6-9-14(13)16/h5-6,8-12,21H,4,7H2,1-3H3,(H2,18,19). The van der Waals surface area contributed by atoms with Gasteiger partial charge in [0.2, 0.25) is 0 Å². The number of hydrogen-bond acceptors (Lipinski definition) is 3. The van der Waals surface area contributed by atoms with Gasteiger partial charge in [-0.05, 0) is 30.9 Å². The minimum Gasteiger partial charge on any atom is -0.409 e. The van der Waals surface area contributed by atoms with Gasteiger partial charge in [0.15, 0.2) is 5.84 Å². The van der Waals surface area contributed by atoms with Crippen LogP contribution in [-0.4, -0.2) is 24.1 Å². The van der Waals surface area contributed by atoms with Gasteiger partial charge in [0, 0.05) is 29.7 Å². The van der Waals surface area contributed by atoms with E-state index in [1.165, 1.54) is 5.69 Å². The van der Waals surface area contributed by atoms with Crippen LogP contribution in [0.5, 0.6) is 0 Å². The zero-order valence-electron chi connectivity index (χ0n) is 12.9. The molecule has 4 nitrogen and oxygen atoms in total. The Hall–Kier alpha value is -2.23. The summed E-state index contributed by atoms with van der Waals surface area (Å²) in [5, 5.41) is 14.2. The first kappa shape index (κ1) is 15.2. The lowest BCUT2D eigenvalue weighted by atomic mass is 10.0. The number of oxime groups is 1. The third kappa shape index (κ3) is 2.94. The lowest BCUT2D eigenvalue weighted by Crippen LogP contribution is -2.28. The van der Waals surface area contributed by atoms with E-state index in [0.29, 0.717) is 6.04 Å². The molecule has 0 aliphatic heterocycles. The smallest absolute Gasteiger partial charge is 0.170 e. The Bertz CT molecular complexity index is 652. The second-order valence-corrected chi connectivity index (χ2v) is 5.41. The van der Waals surface area contributed by atoms with Gasteiger partial charge >= 0.3 is 0 Å². The molecule has 0 aliphatic carbocycles. The topological polar surface area (TPSA) is 61.8 Å². The molecule has 2 rings (SSSR count). The van der Waals surface area contributed by atoms with Gasteiger partial charge in [-0.25, -0.2) is 0 Å². The fourth-order valence-corrected chi connectivity index (χ4v) is 2.72. The normalized spacial score (nSPS) is 13.4. The first-order valence-electron chi connectivity index (χ1n) is 7.32. The highest BCUT2D eigenvalue weighted by Gasteiger charge is 2.14. The molecule has 0 aliphatic rings. The highest BCUT2D eigenvalue weighted by molar-refractivity contribution is 6.11. The monoisotopic (exact) mass is 285 g/mol. The molecule has 0 spiro atoms. The van der Waals surface area contributed by atoms with E-state index >= 15 is 0 Å². The number of nitrogens with two attached hydrogens (primary N) is 1. The van der Waals surface area contributed by atoms with Crippen LogP contribution in [0.3, 0.4) is 0 Å². The zero-order valence-corrected chi connectivity index (χ0v) is 12.9. The molecule has 0 amide bonds. The van der Waals surface area contributed by atoms with Crippen molar-refractivity contribution in [3.8, 4) is 0 Å². The largest absolute Gasteiger partial charge is 0.409 e. The quantitative estimate of drug-likeness (QED) is 0.382. The molecule has 21 heavy (non-hydrogen) atoms. The molecular formula is C17H23N3O. The molecule has 0 heterocycles. The zero-order chi connectivity index (χ0) is 15.4. The third-order valence-corrected chi connectivity index (χ3v) is 4.03. The summed E-state index contributed by atoms with van der Waals surface area (Å²) in [5.74, 6) is 0.141. The van der Waals surface area contributed by atoms with Gasteiger partial charge in [-0.2, -0.15) is 0 Å². The van der Waals surface area contributed by atoms with Crippen molar-refractivity contribution in [3.63, 3.8) is 0 Å². The summed E-state index contributed by atoms with van der Waals surface area (Å²) < 4.78 is 0. The van der Waals surface area contributed by atoms with Crippen molar-refractivity contribution in [2.45, 2.75) is 32.7 Å². The first-order chi connectivity index (χ1) is 10.1. The summed E-state index contributed by atoms with van der Waals surface area (Å²) in [6.07, 6.45) is 2.30. The van der Waals surface area contributed by atoms with Crippen LogP contribution in [0, 0.1) is 0 Å². The van der Waals surface area contributed by atoms with Crippen LogP contribution in [0.15, 0.2) is 41.6 Å². The Kier molecular flexibility index (Phi) is 4.68. The van der Waals surface area contributed by atoms with Crippen molar-refractivity contribution in [2.75, 3.05) is 11.9 Å². The Morgan fingerprint density at radius 2 is 1.90 bits per heavy atom. The molecular weight excluding hydrogens is 262 g/mol. The molecule has 2 aromatic rings. The third-order valence-electron chi connectivity index (χ3n) is 4.03. The molecule has 0 radical (unpaired) electrons. The molecule has 0 bridgehead atoms. The summed E-state index contributed by atoms with van der Waals surface area (Å²) in [4.78, 5) is 2.29. The van der Waals surface area contributed by atoms with Crippen LogP contribution in [0.25, 0.3) is 10.8 Å². The average molecular weight is 285 g/mol. The number of fused-ring (bicyclic) bond motifs is 1. The highest BCUT2D eigenvalue weighted by Crippen LogP contribution is 2.30. The molecule has 0 saturated heterocycles. The molecule has 3 N–H and O–H groups in total. The Labute approximate surface area is 125 Å². The SMILES string of the molecule is CCCC(C)N(C)c1ccc(/C(N)=N/O)c2ccccc12. The predicted octanol–water partition coefficient (Wildman–Crippen LogP) is 3.56. The van der Waals surface area contributed by atoms with Gasteiger partial charge in [-0.1, -0.05) is 42.8 Å². The van der Waals surface area contributed by atoms with E-state index in [4.69, 9.17) is 10.9 Å². The molecule has 0 aromatic heterocycles. The molecule has 0 saturated carbocycles. The number of benzene rings is 2. The van der Waals surface area contributed by atoms with Crippen molar-refractivity contribution in [1.82, 2.24) is 0 Å². The van der Waals surface area contributed by atoms with Crippen LogP contribution in [-0.2, 0) is 0 Å². The van der Waals surface area contributed by atoms with Gasteiger partial charge < -0.3 is 15.8 Å². The Morgan fingerprint density at radius 1 is 1.24 bits per heavy atom. The molecule has 1 atom stereocenters. The molecule has 1 unspecified atom stereocenters. The van der Waals surface area contributed by atoms with E-state index in [1.54, 1.807) is 0 Å². The lowest BCUT2D eigenvalue weighted by molar-refractivity contribution is 0.318. The van der Waals surface area contributed by atoms with Gasteiger partial charge in [0.1, 0.15) is 0 Å². The number of anilines is 1. The lowest BCUT2D eigenvalue weighted by Gasteiger charge is -2.28. The number of nitrogens with zero attached hydrogens (tertiary/aromatic N) is 2. The molecule has 4 heteroatoms. The van der Waals surface area contributed by atoms with Crippen molar-refractivity contribution >= 4 is 22.3 Å². The summed E-state index contributed by atoms with van der Waals surface area (Å²) in [6, 6.07) is 12.5. The maximum atomic E-state index is 8.94. The minimum atomic E-state index is 0.141. The fourth-order valence-electron chi connectivity index (χ4n) is 2.72. The predicted molar refractivity (Wildman–Crippen MR) is 89.2 cm³/mol. The number of rotatable bonds is 5. The van der Waals surface area contributed by atoms with E-state index in [-0.39, 0.29) is 5.84 Å². The maximum Gasteiger partial charge on any atom is 0.170 e. The molecule has 2 aromatic carbocycles. The second kappa shape index (κ2) is 6.48. The fraction of sp³-hybridized carbons (Fsp3) is 0.353. The summed E-state index contributed by atoms with van der Waals surface area (Å²) >= 11 is 0. The van der Waals surface area contributed by atoms with E-state index < -0.39 is 0 Å². The molecule has 0 fully saturated rings. The van der Waals surface area contributed by atoms with E-state index in [9.17, 15) is 0 Å². The number of hydrogen-bond donors (Lipinski definition) is 2. The van der Waals surface area contributed by atoms with E-state index in [0.717, 1.165) is 29.2 Å². The summed E-state index contributed by atoms with van der Waals surface area (Å²) in [7, 11) is 2.12. The van der Waals surface area contributed by atoms with E-state index in [2.05, 4.69) is 37.0 Å². The van der Waals surface area contributed by atoms with Crippen molar-refractivity contribution in [2.24, 2.45) is 10.9 Å². The van der Waals surface area contributed by atoms with Gasteiger partial charge in [-0.15, -0.1) is 0 Å². The Balaban J connectivity index is 2.57. The summed E-state index contributed by atoms with van der Waals surface area (Å²) in [5.41, 5.74) is 7.71. The minimum absolute atomic E-state index is 0.141. The van der Waals surface area contributed by atoms with Crippen LogP contribution < -0.4 is 10.6 Å². The van der Waals surface area contributed by atoms with Gasteiger partial charge in [0.05, 0.1) is 0 Å². The van der Waals surface area contributed by atoms with Crippen molar-refractivity contribution in [1.29, 1.82) is 0 Å². The highest BCUT2D eigenvalue weighted by atomic mass is 16.4. The van der Waals surface area contributed by atoms with Crippen LogP contribution in [0.4, 0.5) is 5.69 Å². The molecule has 112 valence electrons. The average Bonchev–Trinajstić information content (AvgIpc) is 2.52. The second-order valence-electron chi connectivity index (χ2n) is 5.41. The maximum absolute atomic E-state index is 8.94. The van der Waals surface area contributed by atoms with Crippen LogP contribution >= 0.6 is 0 Å². The van der Waals surface area contributed by atoms with Crippen molar-refractivity contribution in [3.05, 3.63) is 42.0 Å². The van der Waals surface area contributed by atoms with Gasteiger partial charge in [-0.3, -0.25) is 0 Å². The van der Waals surface area contributed by atoms with Gasteiger partial charge in [0.25, 0.3) is 0 Å². The van der Waals surface area contributed by atoms with E-state index in [1.807, 2.05) is 30.3 Å². The van der Waals surface area contributed by atoms with Crippen LogP contribution in [0.1, 0.15) is 32.3 Å². The summed E-state index contributed by atoms with van der Waals surface area (Å²) in [6.45, 7) is 4.43.